The topological polar surface area (TPSA) is 76.1 Å². The molecule has 1 heterocycles. The molecule has 0 aliphatic carbocycles. The smallest absolute Gasteiger partial charge is 0.266 e. The second-order valence-corrected chi connectivity index (χ2v) is 7.11. The van der Waals surface area contributed by atoms with Gasteiger partial charge in [-0.2, -0.15) is 0 Å². The van der Waals surface area contributed by atoms with Gasteiger partial charge < -0.3 is 0 Å². The van der Waals surface area contributed by atoms with Crippen LogP contribution in [-0.4, -0.2) is 19.3 Å². The lowest BCUT2D eigenvalue weighted by Gasteiger charge is -2.05. The zero-order valence-corrected chi connectivity index (χ0v) is 13.4. The van der Waals surface area contributed by atoms with E-state index in [1.165, 1.54) is 35.6 Å². The summed E-state index contributed by atoms with van der Waals surface area (Å²) in [6.45, 7) is 0. The monoisotopic (exact) mass is 362 g/mol. The number of hydrogen-bond donors (Lipinski definition) is 1. The fourth-order valence-corrected chi connectivity index (χ4v) is 3.21. The van der Waals surface area contributed by atoms with Crippen LogP contribution >= 0.6 is 34.5 Å². The zero-order valence-electron chi connectivity index (χ0n) is 10.3. The highest BCUT2D eigenvalue weighted by atomic mass is 35.5. The lowest BCUT2D eigenvalue weighted by Crippen LogP contribution is -2.29. The number of carbonyl (C=O) groups is 1. The van der Waals surface area contributed by atoms with Crippen LogP contribution < -0.4 is 4.72 Å². The normalized spacial score (nSPS) is 11.7. The number of halogens is 2. The maximum Gasteiger partial charge on any atom is 0.266 e. The molecule has 2 rings (SSSR count). The van der Waals surface area contributed by atoms with Gasteiger partial charge in [-0.05, 0) is 24.3 Å². The molecular weight excluding hydrogens is 355 g/mol. The van der Waals surface area contributed by atoms with Crippen LogP contribution in [-0.2, 0) is 10.0 Å². The summed E-state index contributed by atoms with van der Waals surface area (Å²) < 4.78 is 25.4. The SMILES string of the molecule is O=C(NS(=O)(=O)/C=C/c1nccs1)c1ccc(Cl)cc1Cl. The molecule has 1 aromatic carbocycles. The fourth-order valence-electron chi connectivity index (χ4n) is 1.36. The molecule has 5 nitrogen and oxygen atoms in total. The lowest BCUT2D eigenvalue weighted by atomic mass is 10.2. The van der Waals surface area contributed by atoms with E-state index < -0.39 is 15.9 Å². The van der Waals surface area contributed by atoms with Crippen molar-refractivity contribution in [3.8, 4) is 0 Å². The third-order valence-corrected chi connectivity index (χ3v) is 4.50. The van der Waals surface area contributed by atoms with E-state index in [0.29, 0.717) is 10.0 Å². The van der Waals surface area contributed by atoms with E-state index in [1.807, 2.05) is 4.72 Å². The Bertz CT molecular complexity index is 787. The van der Waals surface area contributed by atoms with Gasteiger partial charge in [-0.3, -0.25) is 4.79 Å². The molecule has 0 aliphatic heterocycles. The average molecular weight is 363 g/mol. The molecule has 110 valence electrons. The summed E-state index contributed by atoms with van der Waals surface area (Å²) in [6, 6.07) is 4.15. The van der Waals surface area contributed by atoms with Crippen LogP contribution in [0.5, 0.6) is 0 Å². The van der Waals surface area contributed by atoms with Gasteiger partial charge in [0.15, 0.2) is 0 Å². The summed E-state index contributed by atoms with van der Waals surface area (Å²) in [5, 5.41) is 3.51. The van der Waals surface area contributed by atoms with Crippen LogP contribution in [0.3, 0.4) is 0 Å². The number of hydrogen-bond acceptors (Lipinski definition) is 5. The third kappa shape index (κ3) is 4.53. The number of nitrogens with one attached hydrogen (secondary N) is 1. The summed E-state index contributed by atoms with van der Waals surface area (Å²) >= 11 is 12.8. The zero-order chi connectivity index (χ0) is 15.5. The first-order valence-electron chi connectivity index (χ1n) is 5.47. The highest BCUT2D eigenvalue weighted by Crippen LogP contribution is 2.21. The first kappa shape index (κ1) is 16.0. The summed E-state index contributed by atoms with van der Waals surface area (Å²) in [6.07, 6.45) is 2.84. The molecule has 0 bridgehead atoms. The van der Waals surface area contributed by atoms with Crippen LogP contribution in [0.25, 0.3) is 6.08 Å². The molecule has 0 saturated carbocycles. The van der Waals surface area contributed by atoms with Gasteiger partial charge in [0.2, 0.25) is 0 Å². The Labute approximate surface area is 135 Å². The Balaban J connectivity index is 2.14. The van der Waals surface area contributed by atoms with E-state index in [2.05, 4.69) is 4.98 Å². The number of carbonyl (C=O) groups excluding carboxylic acids is 1. The van der Waals surface area contributed by atoms with Crippen LogP contribution in [0.4, 0.5) is 0 Å². The molecular formula is C12H8Cl2N2O3S2. The van der Waals surface area contributed by atoms with E-state index in [4.69, 9.17) is 23.2 Å². The predicted molar refractivity (Wildman–Crippen MR) is 84.0 cm³/mol. The van der Waals surface area contributed by atoms with Gasteiger partial charge in [0, 0.05) is 16.6 Å². The average Bonchev–Trinajstić information content (AvgIpc) is 2.88. The highest BCUT2D eigenvalue weighted by molar-refractivity contribution is 7.93. The van der Waals surface area contributed by atoms with Gasteiger partial charge in [-0.25, -0.2) is 18.1 Å². The Kier molecular flexibility index (Phi) is 5.00. The molecule has 1 amide bonds. The number of thiazole rings is 1. The van der Waals surface area contributed by atoms with Gasteiger partial charge in [0.1, 0.15) is 5.01 Å². The summed E-state index contributed by atoms with van der Waals surface area (Å²) in [7, 11) is -3.94. The highest BCUT2D eigenvalue weighted by Gasteiger charge is 2.16. The minimum atomic E-state index is -3.94. The Hall–Kier alpha value is -1.41. The van der Waals surface area contributed by atoms with Crippen molar-refractivity contribution >= 4 is 56.5 Å². The second kappa shape index (κ2) is 6.57. The van der Waals surface area contributed by atoms with Gasteiger partial charge in [0.05, 0.1) is 16.0 Å². The summed E-state index contributed by atoms with van der Waals surface area (Å²) in [4.78, 5) is 15.8. The van der Waals surface area contributed by atoms with Crippen LogP contribution in [0.2, 0.25) is 10.0 Å². The van der Waals surface area contributed by atoms with Crippen molar-refractivity contribution in [2.24, 2.45) is 0 Å². The van der Waals surface area contributed by atoms with Gasteiger partial charge in [-0.15, -0.1) is 11.3 Å². The van der Waals surface area contributed by atoms with E-state index in [0.717, 1.165) is 5.41 Å². The number of aromatic nitrogens is 1. The second-order valence-electron chi connectivity index (χ2n) is 3.77. The van der Waals surface area contributed by atoms with Crippen molar-refractivity contribution < 1.29 is 13.2 Å². The van der Waals surface area contributed by atoms with Crippen LogP contribution in [0.15, 0.2) is 35.2 Å². The van der Waals surface area contributed by atoms with E-state index in [9.17, 15) is 13.2 Å². The number of benzene rings is 1. The van der Waals surface area contributed by atoms with Gasteiger partial charge in [-0.1, -0.05) is 23.2 Å². The molecule has 0 aliphatic rings. The van der Waals surface area contributed by atoms with Crippen molar-refractivity contribution in [2.45, 2.75) is 0 Å². The molecule has 21 heavy (non-hydrogen) atoms. The van der Waals surface area contributed by atoms with Gasteiger partial charge in [0.25, 0.3) is 15.9 Å². The quantitative estimate of drug-likeness (QED) is 0.905. The van der Waals surface area contributed by atoms with Crippen molar-refractivity contribution in [2.75, 3.05) is 0 Å². The largest absolute Gasteiger partial charge is 0.268 e. The number of nitrogens with zero attached hydrogens (tertiary/aromatic N) is 1. The molecule has 0 radical (unpaired) electrons. The molecule has 2 aromatic rings. The van der Waals surface area contributed by atoms with Crippen molar-refractivity contribution in [3.63, 3.8) is 0 Å². The van der Waals surface area contributed by atoms with E-state index in [-0.39, 0.29) is 10.6 Å². The van der Waals surface area contributed by atoms with Gasteiger partial charge >= 0.3 is 0 Å². The number of amides is 1. The van der Waals surface area contributed by atoms with Crippen molar-refractivity contribution in [3.05, 3.63) is 55.8 Å². The maximum absolute atomic E-state index is 11.9. The van der Waals surface area contributed by atoms with Crippen molar-refractivity contribution in [1.29, 1.82) is 0 Å². The number of rotatable bonds is 4. The molecule has 1 N–H and O–H groups in total. The summed E-state index contributed by atoms with van der Waals surface area (Å²) in [5.74, 6) is -0.833. The number of sulfonamides is 1. The molecule has 0 saturated heterocycles. The molecule has 1 aromatic heterocycles. The maximum atomic E-state index is 11.9. The minimum Gasteiger partial charge on any atom is -0.268 e. The Morgan fingerprint density at radius 1 is 1.33 bits per heavy atom. The first-order chi connectivity index (χ1) is 9.87. The third-order valence-electron chi connectivity index (χ3n) is 2.25. The standard InChI is InChI=1S/C12H8Cl2N2O3S2/c13-8-1-2-9(10(14)7-8)12(17)16-21(18,19)6-3-11-15-4-5-20-11/h1-7H,(H,16,17)/b6-3+. The molecule has 0 spiro atoms. The molecule has 9 heteroatoms. The first-order valence-corrected chi connectivity index (χ1v) is 8.65. The Morgan fingerprint density at radius 2 is 2.10 bits per heavy atom. The van der Waals surface area contributed by atoms with E-state index >= 15 is 0 Å². The van der Waals surface area contributed by atoms with Crippen LogP contribution in [0.1, 0.15) is 15.4 Å². The molecule has 0 atom stereocenters. The Morgan fingerprint density at radius 3 is 2.71 bits per heavy atom. The summed E-state index contributed by atoms with van der Waals surface area (Å²) in [5.41, 5.74) is 0.0206. The van der Waals surface area contributed by atoms with Crippen molar-refractivity contribution in [1.82, 2.24) is 9.71 Å². The lowest BCUT2D eigenvalue weighted by molar-refractivity contribution is 0.0982. The van der Waals surface area contributed by atoms with E-state index in [1.54, 1.807) is 11.6 Å². The minimum absolute atomic E-state index is 0.0206. The molecule has 0 unspecified atom stereocenters. The fraction of sp³-hybridized carbons (Fsp3) is 0. The predicted octanol–water partition coefficient (Wildman–Crippen LogP) is 3.18. The van der Waals surface area contributed by atoms with Crippen LogP contribution in [0, 0.1) is 0 Å². The molecule has 0 fully saturated rings.